The minimum absolute atomic E-state index is 0.0413. The van der Waals surface area contributed by atoms with Gasteiger partial charge >= 0.3 is 5.97 Å². The van der Waals surface area contributed by atoms with Gasteiger partial charge in [0.1, 0.15) is 4.88 Å². The van der Waals surface area contributed by atoms with E-state index in [9.17, 15) is 18.3 Å². The molecule has 0 saturated carbocycles. The Balaban J connectivity index is 2.04. The fourth-order valence-corrected chi connectivity index (χ4v) is 4.65. The third-order valence-corrected chi connectivity index (χ3v) is 6.20. The van der Waals surface area contributed by atoms with Crippen LogP contribution in [0.1, 0.15) is 15.2 Å². The number of aryl methyl sites for hydroxylation is 1. The smallest absolute Gasteiger partial charge is 0.348 e. The van der Waals surface area contributed by atoms with Crippen molar-refractivity contribution in [1.29, 1.82) is 0 Å². The van der Waals surface area contributed by atoms with Gasteiger partial charge in [0.05, 0.1) is 10.6 Å². The minimum Gasteiger partial charge on any atom is -0.477 e. The molecule has 3 rings (SSSR count). The number of anilines is 1. The Morgan fingerprint density at radius 3 is 2.60 bits per heavy atom. The number of rotatable bonds is 5. The number of aromatic carboxylic acids is 1. The number of carboxylic acids is 1. The molecular formula is C17H14N2O4S2. The molecule has 0 saturated heterocycles. The number of carbonyl (C=O) groups is 1. The maximum absolute atomic E-state index is 12.6. The van der Waals surface area contributed by atoms with Crippen LogP contribution in [0.4, 0.5) is 5.69 Å². The van der Waals surface area contributed by atoms with Crippen LogP contribution in [0.5, 0.6) is 0 Å². The Kier molecular flexibility index (Phi) is 4.56. The summed E-state index contributed by atoms with van der Waals surface area (Å²) in [6.07, 6.45) is 3.20. The molecule has 0 aliphatic carbocycles. The maximum atomic E-state index is 12.6. The van der Waals surface area contributed by atoms with Crippen LogP contribution in [-0.4, -0.2) is 24.5 Å². The van der Waals surface area contributed by atoms with Crippen LogP contribution >= 0.6 is 11.3 Å². The first-order valence-electron chi connectivity index (χ1n) is 7.24. The lowest BCUT2D eigenvalue weighted by atomic mass is 10.2. The highest BCUT2D eigenvalue weighted by atomic mass is 32.2. The predicted octanol–water partition coefficient (Wildman–Crippen LogP) is 3.62. The lowest BCUT2D eigenvalue weighted by Crippen LogP contribution is -2.15. The van der Waals surface area contributed by atoms with Crippen molar-refractivity contribution in [3.63, 3.8) is 0 Å². The standard InChI is InChI=1S/C17H14N2O4S2/c1-11-5-2-3-7-15(11)25(22,23)19-13-9-14(24-16(13)17(20)21)12-6-4-8-18-10-12/h2-10,19H,1H3,(H,20,21). The Morgan fingerprint density at radius 1 is 1.20 bits per heavy atom. The summed E-state index contributed by atoms with van der Waals surface area (Å²) in [7, 11) is -3.89. The van der Waals surface area contributed by atoms with Gasteiger partial charge in [0, 0.05) is 22.8 Å². The van der Waals surface area contributed by atoms with Crippen LogP contribution < -0.4 is 4.72 Å². The van der Waals surface area contributed by atoms with Crippen molar-refractivity contribution in [1.82, 2.24) is 4.98 Å². The summed E-state index contributed by atoms with van der Waals surface area (Å²) in [4.78, 5) is 16.2. The molecule has 0 atom stereocenters. The van der Waals surface area contributed by atoms with E-state index in [1.165, 1.54) is 12.1 Å². The van der Waals surface area contributed by atoms with Gasteiger partial charge in [-0.1, -0.05) is 24.3 Å². The number of aromatic nitrogens is 1. The first-order valence-corrected chi connectivity index (χ1v) is 9.54. The van der Waals surface area contributed by atoms with Crippen molar-refractivity contribution in [2.45, 2.75) is 11.8 Å². The topological polar surface area (TPSA) is 96.4 Å². The highest BCUT2D eigenvalue weighted by molar-refractivity contribution is 7.92. The lowest BCUT2D eigenvalue weighted by Gasteiger charge is -2.09. The van der Waals surface area contributed by atoms with E-state index in [0.717, 1.165) is 16.9 Å². The summed E-state index contributed by atoms with van der Waals surface area (Å²) in [5, 5.41) is 9.41. The average molecular weight is 374 g/mol. The fourth-order valence-electron chi connectivity index (χ4n) is 2.33. The Morgan fingerprint density at radius 2 is 1.96 bits per heavy atom. The van der Waals surface area contributed by atoms with Gasteiger partial charge in [0.15, 0.2) is 0 Å². The molecule has 3 aromatic rings. The van der Waals surface area contributed by atoms with Gasteiger partial charge in [0.25, 0.3) is 10.0 Å². The third-order valence-electron chi connectivity index (χ3n) is 3.50. The molecule has 0 spiro atoms. The Bertz CT molecular complexity index is 1030. The monoisotopic (exact) mass is 374 g/mol. The van der Waals surface area contributed by atoms with Crippen molar-refractivity contribution in [2.24, 2.45) is 0 Å². The molecule has 0 fully saturated rings. The van der Waals surface area contributed by atoms with Crippen LogP contribution in [0.2, 0.25) is 0 Å². The van der Waals surface area contributed by atoms with E-state index in [-0.39, 0.29) is 15.5 Å². The van der Waals surface area contributed by atoms with Gasteiger partial charge in [0.2, 0.25) is 0 Å². The van der Waals surface area contributed by atoms with E-state index in [4.69, 9.17) is 0 Å². The number of sulfonamides is 1. The number of benzene rings is 1. The Hall–Kier alpha value is -2.71. The van der Waals surface area contributed by atoms with E-state index in [1.807, 2.05) is 0 Å². The Labute approximate surface area is 148 Å². The summed E-state index contributed by atoms with van der Waals surface area (Å²) in [6.45, 7) is 1.68. The first kappa shape index (κ1) is 17.1. The molecule has 1 aromatic carbocycles. The molecule has 0 bridgehead atoms. The molecule has 6 nitrogen and oxygen atoms in total. The minimum atomic E-state index is -3.89. The van der Waals surface area contributed by atoms with Gasteiger partial charge in [-0.3, -0.25) is 9.71 Å². The fraction of sp³-hybridized carbons (Fsp3) is 0.0588. The second-order valence-electron chi connectivity index (χ2n) is 5.27. The lowest BCUT2D eigenvalue weighted by molar-refractivity contribution is 0.0703. The molecule has 128 valence electrons. The normalized spacial score (nSPS) is 11.2. The highest BCUT2D eigenvalue weighted by Gasteiger charge is 2.23. The number of nitrogens with zero attached hydrogens (tertiary/aromatic N) is 1. The van der Waals surface area contributed by atoms with Crippen molar-refractivity contribution in [3.8, 4) is 10.4 Å². The van der Waals surface area contributed by atoms with Crippen molar-refractivity contribution < 1.29 is 18.3 Å². The maximum Gasteiger partial charge on any atom is 0.348 e. The zero-order valence-electron chi connectivity index (χ0n) is 13.1. The van der Waals surface area contributed by atoms with Gasteiger partial charge < -0.3 is 5.11 Å². The zero-order valence-corrected chi connectivity index (χ0v) is 14.8. The van der Waals surface area contributed by atoms with E-state index in [2.05, 4.69) is 9.71 Å². The molecule has 0 amide bonds. The number of hydrogen-bond donors (Lipinski definition) is 2. The highest BCUT2D eigenvalue weighted by Crippen LogP contribution is 2.35. The van der Waals surface area contributed by atoms with E-state index < -0.39 is 16.0 Å². The van der Waals surface area contributed by atoms with Crippen LogP contribution in [-0.2, 0) is 10.0 Å². The van der Waals surface area contributed by atoms with Crippen molar-refractivity contribution >= 4 is 33.0 Å². The average Bonchev–Trinajstić information content (AvgIpc) is 2.99. The van der Waals surface area contributed by atoms with Gasteiger partial charge in [-0.2, -0.15) is 0 Å². The SMILES string of the molecule is Cc1ccccc1S(=O)(=O)Nc1cc(-c2cccnc2)sc1C(=O)O. The second-order valence-corrected chi connectivity index (χ2v) is 7.97. The van der Waals surface area contributed by atoms with E-state index in [0.29, 0.717) is 10.4 Å². The van der Waals surface area contributed by atoms with Crippen molar-refractivity contribution in [3.05, 3.63) is 65.3 Å². The predicted molar refractivity (Wildman–Crippen MR) is 96.5 cm³/mol. The first-order chi connectivity index (χ1) is 11.9. The van der Waals surface area contributed by atoms with Gasteiger partial charge in [-0.25, -0.2) is 13.2 Å². The number of pyridine rings is 1. The van der Waals surface area contributed by atoms with Crippen LogP contribution in [0.25, 0.3) is 10.4 Å². The van der Waals surface area contributed by atoms with Gasteiger partial charge in [-0.15, -0.1) is 11.3 Å². The molecule has 8 heteroatoms. The molecule has 2 heterocycles. The van der Waals surface area contributed by atoms with Crippen molar-refractivity contribution in [2.75, 3.05) is 4.72 Å². The van der Waals surface area contributed by atoms with Crippen LogP contribution in [0.15, 0.2) is 59.8 Å². The molecule has 0 radical (unpaired) electrons. The summed E-state index contributed by atoms with van der Waals surface area (Å²) in [5.41, 5.74) is 1.34. The molecular weight excluding hydrogens is 360 g/mol. The number of carboxylic acid groups (broad SMARTS) is 1. The molecule has 0 aliphatic heterocycles. The largest absolute Gasteiger partial charge is 0.477 e. The summed E-state index contributed by atoms with van der Waals surface area (Å²) >= 11 is 0.994. The zero-order chi connectivity index (χ0) is 18.0. The number of hydrogen-bond acceptors (Lipinski definition) is 5. The number of thiophene rings is 1. The molecule has 0 aliphatic rings. The third kappa shape index (κ3) is 3.54. The van der Waals surface area contributed by atoms with E-state index >= 15 is 0 Å². The van der Waals surface area contributed by atoms with E-state index in [1.54, 1.807) is 49.6 Å². The quantitative estimate of drug-likeness (QED) is 0.711. The molecule has 0 unspecified atom stereocenters. The summed E-state index contributed by atoms with van der Waals surface area (Å²) < 4.78 is 27.7. The molecule has 2 N–H and O–H groups in total. The molecule has 25 heavy (non-hydrogen) atoms. The van der Waals surface area contributed by atoms with Gasteiger partial charge in [-0.05, 0) is 30.7 Å². The summed E-state index contributed by atoms with van der Waals surface area (Å²) in [6, 6.07) is 11.5. The molecule has 2 aromatic heterocycles. The summed E-state index contributed by atoms with van der Waals surface area (Å²) in [5.74, 6) is -1.19. The second kappa shape index (κ2) is 6.66. The number of nitrogens with one attached hydrogen (secondary N) is 1. The van der Waals surface area contributed by atoms with Crippen LogP contribution in [0, 0.1) is 6.92 Å². The van der Waals surface area contributed by atoms with Crippen LogP contribution in [0.3, 0.4) is 0 Å².